The minimum Gasteiger partial charge on any atom is -0.411 e. The lowest BCUT2D eigenvalue weighted by Gasteiger charge is -2.01. The lowest BCUT2D eigenvalue weighted by molar-refractivity contribution is -0.387. The first-order valence-corrected chi connectivity index (χ1v) is 3.80. The summed E-state index contributed by atoms with van der Waals surface area (Å²) in [5.41, 5.74) is -2.43. The molecule has 0 atom stereocenters. The summed E-state index contributed by atoms with van der Waals surface area (Å²) >= 11 is 4.75. The predicted octanol–water partition coefficient (Wildman–Crippen LogP) is 2.61. The van der Waals surface area contributed by atoms with Crippen LogP contribution in [0.3, 0.4) is 0 Å². The normalized spacial score (nSPS) is 9.80. The number of carbonyl (C=O) groups is 1. The van der Waals surface area contributed by atoms with E-state index in [0.29, 0.717) is 12.1 Å². The van der Waals surface area contributed by atoms with Gasteiger partial charge in [-0.15, -0.1) is 0 Å². The Morgan fingerprint density at radius 2 is 2.00 bits per heavy atom. The van der Waals surface area contributed by atoms with Crippen molar-refractivity contribution in [2.45, 2.75) is 0 Å². The molecule has 1 aromatic rings. The Morgan fingerprint density at radius 3 is 2.47 bits per heavy atom. The van der Waals surface area contributed by atoms with Gasteiger partial charge in [0.05, 0.1) is 11.0 Å². The summed E-state index contributed by atoms with van der Waals surface area (Å²) in [6.07, 6.45) is 0. The van der Waals surface area contributed by atoms with Crippen LogP contribution in [-0.2, 0) is 0 Å². The molecule has 80 valence electrons. The zero-order chi connectivity index (χ0) is 11.6. The Bertz CT molecular complexity index is 437. The molecule has 15 heavy (non-hydrogen) atoms. The molecule has 8 heteroatoms. The first-order valence-electron chi connectivity index (χ1n) is 3.42. The number of halogens is 3. The van der Waals surface area contributed by atoms with Crippen LogP contribution in [0.25, 0.3) is 0 Å². The summed E-state index contributed by atoms with van der Waals surface area (Å²) in [5.74, 6) is -3.38. The van der Waals surface area contributed by atoms with Crippen molar-refractivity contribution in [1.29, 1.82) is 0 Å². The van der Waals surface area contributed by atoms with Gasteiger partial charge in [0, 0.05) is 17.7 Å². The van der Waals surface area contributed by atoms with Gasteiger partial charge in [0.15, 0.2) is 11.6 Å². The first kappa shape index (κ1) is 11.3. The third-order valence-corrected chi connectivity index (χ3v) is 1.47. The highest BCUT2D eigenvalue weighted by atomic mass is 35.5. The van der Waals surface area contributed by atoms with Crippen LogP contribution in [0, 0.1) is 21.7 Å². The van der Waals surface area contributed by atoms with E-state index in [4.69, 9.17) is 11.6 Å². The largest absolute Gasteiger partial charge is 0.411 e. The van der Waals surface area contributed by atoms with Gasteiger partial charge in [0.1, 0.15) is 0 Å². The van der Waals surface area contributed by atoms with Crippen LogP contribution in [0.5, 0.6) is 5.75 Å². The second kappa shape index (κ2) is 4.18. The van der Waals surface area contributed by atoms with Crippen molar-refractivity contribution >= 4 is 22.7 Å². The van der Waals surface area contributed by atoms with E-state index < -0.39 is 33.4 Å². The average Bonchev–Trinajstić information content (AvgIpc) is 2.09. The van der Waals surface area contributed by atoms with Gasteiger partial charge in [-0.25, -0.2) is 9.18 Å². The number of ether oxygens (including phenoxy) is 1. The number of carbonyl (C=O) groups excluding carboxylic acids is 1. The third kappa shape index (κ3) is 2.59. The molecule has 0 saturated carbocycles. The molecule has 0 aliphatic carbocycles. The van der Waals surface area contributed by atoms with E-state index in [0.717, 1.165) is 0 Å². The fourth-order valence-corrected chi connectivity index (χ4v) is 0.906. The summed E-state index contributed by atoms with van der Waals surface area (Å²) in [4.78, 5) is 19.3. The molecule has 5 nitrogen and oxygen atoms in total. The molecule has 0 saturated heterocycles. The minimum atomic E-state index is -1.37. The highest BCUT2D eigenvalue weighted by Crippen LogP contribution is 2.26. The Balaban J connectivity index is 3.19. The summed E-state index contributed by atoms with van der Waals surface area (Å²) in [6, 6.07) is 0.665. The smallest absolute Gasteiger partial charge is 0.409 e. The molecular formula is C7H2ClF2NO4. The molecule has 0 radical (unpaired) electrons. The van der Waals surface area contributed by atoms with E-state index >= 15 is 0 Å². The van der Waals surface area contributed by atoms with Gasteiger partial charge in [-0.05, 0) is 0 Å². The fourth-order valence-electron chi connectivity index (χ4n) is 0.823. The van der Waals surface area contributed by atoms with Crippen molar-refractivity contribution in [3.63, 3.8) is 0 Å². The van der Waals surface area contributed by atoms with Crippen molar-refractivity contribution in [3.8, 4) is 5.75 Å². The topological polar surface area (TPSA) is 69.4 Å². The van der Waals surface area contributed by atoms with Crippen molar-refractivity contribution < 1.29 is 23.2 Å². The number of rotatable bonds is 2. The molecule has 0 aliphatic rings. The second-order valence-corrected chi connectivity index (χ2v) is 2.64. The predicted molar refractivity (Wildman–Crippen MR) is 44.9 cm³/mol. The molecule has 0 unspecified atom stereocenters. The van der Waals surface area contributed by atoms with Gasteiger partial charge in [0.2, 0.25) is 5.82 Å². The van der Waals surface area contributed by atoms with Crippen molar-refractivity contribution in [2.24, 2.45) is 0 Å². The maximum atomic E-state index is 12.9. The van der Waals surface area contributed by atoms with Gasteiger partial charge >= 0.3 is 11.1 Å². The van der Waals surface area contributed by atoms with Crippen molar-refractivity contribution in [2.75, 3.05) is 0 Å². The van der Waals surface area contributed by atoms with E-state index in [2.05, 4.69) is 4.74 Å². The first-order chi connectivity index (χ1) is 6.91. The lowest BCUT2D eigenvalue weighted by atomic mass is 10.3. The Morgan fingerprint density at radius 1 is 1.40 bits per heavy atom. The standard InChI is InChI=1S/C7H2ClF2NO4/c8-7(12)15-6-2-3(9)5(11(13)14)1-4(6)10/h1-2H. The molecule has 0 bridgehead atoms. The summed E-state index contributed by atoms with van der Waals surface area (Å²) in [7, 11) is 0. The van der Waals surface area contributed by atoms with Crippen LogP contribution in [-0.4, -0.2) is 10.4 Å². The monoisotopic (exact) mass is 237 g/mol. The van der Waals surface area contributed by atoms with E-state index in [9.17, 15) is 23.7 Å². The number of hydrogen-bond donors (Lipinski definition) is 0. The van der Waals surface area contributed by atoms with Crippen molar-refractivity contribution in [1.82, 2.24) is 0 Å². The molecule has 0 amide bonds. The van der Waals surface area contributed by atoms with Crippen molar-refractivity contribution in [3.05, 3.63) is 33.9 Å². The number of hydrogen-bond acceptors (Lipinski definition) is 4. The number of nitro groups is 1. The maximum absolute atomic E-state index is 12.9. The van der Waals surface area contributed by atoms with Gasteiger partial charge < -0.3 is 4.74 Å². The van der Waals surface area contributed by atoms with E-state index in [1.165, 1.54) is 0 Å². The summed E-state index contributed by atoms with van der Waals surface area (Å²) in [6.45, 7) is 0. The molecule has 0 aromatic heterocycles. The Labute approximate surface area is 86.4 Å². The highest BCUT2D eigenvalue weighted by molar-refractivity contribution is 6.61. The van der Waals surface area contributed by atoms with Crippen LogP contribution >= 0.6 is 11.6 Å². The third-order valence-electron chi connectivity index (χ3n) is 1.39. The number of nitrogens with zero attached hydrogens (tertiary/aromatic N) is 1. The van der Waals surface area contributed by atoms with E-state index in [1.54, 1.807) is 0 Å². The molecular weight excluding hydrogens is 236 g/mol. The highest BCUT2D eigenvalue weighted by Gasteiger charge is 2.20. The van der Waals surface area contributed by atoms with Gasteiger partial charge in [-0.2, -0.15) is 4.39 Å². The Kier molecular flexibility index (Phi) is 3.15. The van der Waals surface area contributed by atoms with Crippen LogP contribution in [0.15, 0.2) is 12.1 Å². The van der Waals surface area contributed by atoms with Crippen LogP contribution in [0.4, 0.5) is 19.3 Å². The molecule has 0 fully saturated rings. The summed E-state index contributed by atoms with van der Waals surface area (Å²) in [5, 5.41) is 10.2. The second-order valence-electron chi connectivity index (χ2n) is 2.33. The molecule has 0 N–H and O–H groups in total. The minimum absolute atomic E-state index is 0.296. The zero-order valence-corrected chi connectivity index (χ0v) is 7.62. The van der Waals surface area contributed by atoms with Crippen LogP contribution in [0.1, 0.15) is 0 Å². The fraction of sp³-hybridized carbons (Fsp3) is 0. The van der Waals surface area contributed by atoms with Crippen LogP contribution in [0.2, 0.25) is 0 Å². The SMILES string of the molecule is O=C(Cl)Oc1cc(F)c([N+](=O)[O-])cc1F. The Hall–Kier alpha value is -1.76. The molecule has 1 rings (SSSR count). The van der Waals surface area contributed by atoms with Gasteiger partial charge in [0.25, 0.3) is 0 Å². The molecule has 0 aliphatic heterocycles. The maximum Gasteiger partial charge on any atom is 0.409 e. The van der Waals surface area contributed by atoms with Gasteiger partial charge in [-0.1, -0.05) is 0 Å². The van der Waals surface area contributed by atoms with E-state index in [-0.39, 0.29) is 0 Å². The number of nitro benzene ring substituents is 1. The quantitative estimate of drug-likeness (QED) is 0.450. The van der Waals surface area contributed by atoms with E-state index in [1.807, 2.05) is 0 Å². The van der Waals surface area contributed by atoms with Crippen LogP contribution < -0.4 is 4.74 Å². The summed E-state index contributed by atoms with van der Waals surface area (Å²) < 4.78 is 29.9. The van der Waals surface area contributed by atoms with Gasteiger partial charge in [-0.3, -0.25) is 10.1 Å². The molecule has 0 heterocycles. The molecule has 0 spiro atoms. The molecule has 1 aromatic carbocycles. The number of benzene rings is 1. The lowest BCUT2D eigenvalue weighted by Crippen LogP contribution is -2.01. The zero-order valence-electron chi connectivity index (χ0n) is 6.87. The average molecular weight is 238 g/mol.